The fraction of sp³-hybridized carbons (Fsp3) is 0.769. The lowest BCUT2D eigenvalue weighted by atomic mass is 9.67. The van der Waals surface area contributed by atoms with Crippen LogP contribution in [0.15, 0.2) is 12.1 Å². The van der Waals surface area contributed by atoms with Gasteiger partial charge in [0.2, 0.25) is 5.82 Å². The van der Waals surface area contributed by atoms with Crippen molar-refractivity contribution in [3.63, 3.8) is 0 Å². The number of benzene rings is 1. The molecule has 3 heteroatoms. The van der Waals surface area contributed by atoms with Gasteiger partial charge in [-0.2, -0.15) is 4.39 Å². The molecule has 2 aliphatic rings. The zero-order chi connectivity index (χ0) is 20.8. The van der Waals surface area contributed by atoms with Gasteiger partial charge in [0.05, 0.1) is 6.61 Å². The van der Waals surface area contributed by atoms with Crippen molar-refractivity contribution in [2.24, 2.45) is 29.6 Å². The van der Waals surface area contributed by atoms with E-state index < -0.39 is 11.6 Å². The molecule has 0 aliphatic heterocycles. The van der Waals surface area contributed by atoms with Crippen molar-refractivity contribution in [3.05, 3.63) is 29.3 Å². The maximum Gasteiger partial charge on any atom is 0.200 e. The second-order valence-corrected chi connectivity index (χ2v) is 9.71. The second-order valence-electron chi connectivity index (χ2n) is 9.71. The fourth-order valence-corrected chi connectivity index (χ4v) is 6.05. The highest BCUT2D eigenvalue weighted by molar-refractivity contribution is 5.31. The standard InChI is InChI=1S/C26H40F2O/c1-4-6-19-7-9-21(10-8-19)22-13-11-20(12-14-22)18(3)17-23-15-16-24(29-5-2)26(28)25(23)27/h15-16,18-22H,4-14,17H2,1-3H3. The molecule has 1 unspecified atom stereocenters. The number of hydrogen-bond acceptors (Lipinski definition) is 1. The van der Waals surface area contributed by atoms with Crippen LogP contribution < -0.4 is 4.74 Å². The van der Waals surface area contributed by atoms with Gasteiger partial charge >= 0.3 is 0 Å². The van der Waals surface area contributed by atoms with Crippen LogP contribution in [0.2, 0.25) is 0 Å². The molecule has 0 N–H and O–H groups in total. The van der Waals surface area contributed by atoms with Gasteiger partial charge in [0.25, 0.3) is 0 Å². The van der Waals surface area contributed by atoms with Crippen LogP contribution in [0.25, 0.3) is 0 Å². The molecule has 2 fully saturated rings. The van der Waals surface area contributed by atoms with E-state index in [1.807, 2.05) is 0 Å². The summed E-state index contributed by atoms with van der Waals surface area (Å²) in [7, 11) is 0. The van der Waals surface area contributed by atoms with Crippen molar-refractivity contribution in [1.29, 1.82) is 0 Å². The summed E-state index contributed by atoms with van der Waals surface area (Å²) in [6.07, 6.45) is 14.3. The first-order valence-corrected chi connectivity index (χ1v) is 12.1. The maximum atomic E-state index is 14.4. The van der Waals surface area contributed by atoms with E-state index in [0.717, 1.165) is 17.8 Å². The first-order valence-electron chi connectivity index (χ1n) is 12.1. The van der Waals surface area contributed by atoms with Crippen LogP contribution >= 0.6 is 0 Å². The van der Waals surface area contributed by atoms with Crippen molar-refractivity contribution in [3.8, 4) is 5.75 Å². The van der Waals surface area contributed by atoms with Crippen molar-refractivity contribution in [2.75, 3.05) is 6.61 Å². The minimum Gasteiger partial charge on any atom is -0.491 e. The van der Waals surface area contributed by atoms with Crippen LogP contribution in [0.3, 0.4) is 0 Å². The first kappa shape index (κ1) is 22.6. The number of rotatable bonds is 8. The molecular formula is C26H40F2O. The summed E-state index contributed by atoms with van der Waals surface area (Å²) < 4.78 is 33.8. The molecule has 1 aromatic rings. The van der Waals surface area contributed by atoms with Gasteiger partial charge in [-0.15, -0.1) is 0 Å². The Morgan fingerprint density at radius 3 is 2.10 bits per heavy atom. The smallest absolute Gasteiger partial charge is 0.200 e. The fourth-order valence-electron chi connectivity index (χ4n) is 6.05. The summed E-state index contributed by atoms with van der Waals surface area (Å²) >= 11 is 0. The van der Waals surface area contributed by atoms with Crippen molar-refractivity contribution in [2.45, 2.75) is 91.4 Å². The molecule has 29 heavy (non-hydrogen) atoms. The van der Waals surface area contributed by atoms with E-state index in [4.69, 9.17) is 4.74 Å². The van der Waals surface area contributed by atoms with Gasteiger partial charge in [-0.25, -0.2) is 4.39 Å². The lowest BCUT2D eigenvalue weighted by Crippen LogP contribution is -2.28. The molecule has 1 atom stereocenters. The molecule has 0 heterocycles. The molecule has 3 rings (SSSR count). The van der Waals surface area contributed by atoms with Crippen LogP contribution in [0.4, 0.5) is 8.78 Å². The quantitative estimate of drug-likeness (QED) is 0.425. The Hall–Kier alpha value is -1.12. The van der Waals surface area contributed by atoms with E-state index in [1.54, 1.807) is 19.1 Å². The summed E-state index contributed by atoms with van der Waals surface area (Å²) in [5, 5.41) is 0. The lowest BCUT2D eigenvalue weighted by Gasteiger charge is -2.39. The minimum atomic E-state index is -0.834. The predicted octanol–water partition coefficient (Wildman–Crippen LogP) is 7.96. The number of halogens is 2. The van der Waals surface area contributed by atoms with Gasteiger partial charge < -0.3 is 4.74 Å². The van der Waals surface area contributed by atoms with Crippen molar-refractivity contribution in [1.82, 2.24) is 0 Å². The zero-order valence-electron chi connectivity index (χ0n) is 18.7. The highest BCUT2D eigenvalue weighted by atomic mass is 19.2. The van der Waals surface area contributed by atoms with Crippen LogP contribution in [0.5, 0.6) is 5.75 Å². The van der Waals surface area contributed by atoms with Crippen LogP contribution in [0.1, 0.15) is 90.5 Å². The average Bonchev–Trinajstić information content (AvgIpc) is 2.74. The topological polar surface area (TPSA) is 9.23 Å². The third-order valence-corrected chi connectivity index (χ3v) is 7.84. The SMILES string of the molecule is CCCC1CCC(C2CCC(C(C)Cc3ccc(OCC)c(F)c3F)CC2)CC1. The minimum absolute atomic E-state index is 0.0237. The monoisotopic (exact) mass is 406 g/mol. The van der Waals surface area contributed by atoms with Crippen LogP contribution in [0, 0.1) is 41.2 Å². The van der Waals surface area contributed by atoms with Gasteiger partial charge in [-0.05, 0) is 93.1 Å². The van der Waals surface area contributed by atoms with E-state index in [9.17, 15) is 8.78 Å². The highest BCUT2D eigenvalue weighted by Gasteiger charge is 2.32. The molecular weight excluding hydrogens is 366 g/mol. The Bertz CT molecular complexity index is 628. The molecule has 0 spiro atoms. The van der Waals surface area contributed by atoms with Crippen LogP contribution in [-0.4, -0.2) is 6.61 Å². The third kappa shape index (κ3) is 5.73. The Balaban J connectivity index is 1.48. The largest absolute Gasteiger partial charge is 0.491 e. The van der Waals surface area contributed by atoms with Crippen molar-refractivity contribution >= 4 is 0 Å². The molecule has 0 saturated heterocycles. The zero-order valence-corrected chi connectivity index (χ0v) is 18.7. The molecule has 164 valence electrons. The van der Waals surface area contributed by atoms with Crippen molar-refractivity contribution < 1.29 is 13.5 Å². The van der Waals surface area contributed by atoms with Gasteiger partial charge in [-0.3, -0.25) is 0 Å². The first-order chi connectivity index (χ1) is 14.0. The average molecular weight is 407 g/mol. The Morgan fingerprint density at radius 2 is 1.52 bits per heavy atom. The summed E-state index contributed by atoms with van der Waals surface area (Å²) in [6, 6.07) is 3.29. The molecule has 1 aromatic carbocycles. The Morgan fingerprint density at radius 1 is 0.897 bits per heavy atom. The third-order valence-electron chi connectivity index (χ3n) is 7.84. The van der Waals surface area contributed by atoms with Gasteiger partial charge in [0.1, 0.15) is 0 Å². The maximum absolute atomic E-state index is 14.4. The van der Waals surface area contributed by atoms with E-state index >= 15 is 0 Å². The van der Waals surface area contributed by atoms with E-state index in [-0.39, 0.29) is 5.75 Å². The van der Waals surface area contributed by atoms with Gasteiger partial charge in [-0.1, -0.05) is 45.6 Å². The molecule has 0 bridgehead atoms. The summed E-state index contributed by atoms with van der Waals surface area (Å²) in [5.41, 5.74) is 0.495. The van der Waals surface area contributed by atoms with Gasteiger partial charge in [0, 0.05) is 0 Å². The lowest BCUT2D eigenvalue weighted by molar-refractivity contribution is 0.126. The second kappa shape index (κ2) is 10.8. The van der Waals surface area contributed by atoms with Crippen LogP contribution in [-0.2, 0) is 6.42 Å². The van der Waals surface area contributed by atoms with Gasteiger partial charge in [0.15, 0.2) is 11.6 Å². The normalized spacial score (nSPS) is 28.9. The summed E-state index contributed by atoms with van der Waals surface area (Å²) in [4.78, 5) is 0. The summed E-state index contributed by atoms with van der Waals surface area (Å²) in [5.74, 6) is 2.32. The molecule has 2 saturated carbocycles. The highest BCUT2D eigenvalue weighted by Crippen LogP contribution is 2.44. The predicted molar refractivity (Wildman–Crippen MR) is 116 cm³/mol. The summed E-state index contributed by atoms with van der Waals surface area (Å²) in [6.45, 7) is 6.65. The van der Waals surface area contributed by atoms with E-state index in [0.29, 0.717) is 30.4 Å². The number of hydrogen-bond donors (Lipinski definition) is 0. The number of ether oxygens (including phenoxy) is 1. The van der Waals surface area contributed by atoms with E-state index in [2.05, 4.69) is 13.8 Å². The van der Waals surface area contributed by atoms with E-state index in [1.165, 1.54) is 64.2 Å². The Kier molecular flexibility index (Phi) is 8.38. The molecule has 0 amide bonds. The Labute approximate surface area is 176 Å². The molecule has 0 radical (unpaired) electrons. The molecule has 0 aromatic heterocycles. The molecule has 2 aliphatic carbocycles. The molecule has 1 nitrogen and oxygen atoms in total.